The van der Waals surface area contributed by atoms with Crippen LogP contribution in [-0.2, 0) is 22.6 Å². The van der Waals surface area contributed by atoms with Gasteiger partial charge < -0.3 is 9.64 Å². The van der Waals surface area contributed by atoms with Crippen molar-refractivity contribution in [3.63, 3.8) is 0 Å². The van der Waals surface area contributed by atoms with Gasteiger partial charge in [0.25, 0.3) is 0 Å². The monoisotopic (exact) mass is 349 g/mol. The second-order valence-corrected chi connectivity index (χ2v) is 6.89. The summed E-state index contributed by atoms with van der Waals surface area (Å²) in [5.74, 6) is 0.575. The van der Waals surface area contributed by atoms with Gasteiger partial charge in [0.05, 0.1) is 30.8 Å². The molecule has 1 amide bonds. The molecular formula is C21H23N3O2. The van der Waals surface area contributed by atoms with Crippen LogP contribution in [0.1, 0.15) is 17.7 Å². The molecule has 0 saturated carbocycles. The molecule has 0 unspecified atom stereocenters. The van der Waals surface area contributed by atoms with Crippen LogP contribution in [0.15, 0.2) is 54.6 Å². The van der Waals surface area contributed by atoms with Crippen molar-refractivity contribution in [3.8, 4) is 0 Å². The maximum absolute atomic E-state index is 12.6. The first-order valence-corrected chi connectivity index (χ1v) is 9.11. The highest BCUT2D eigenvalue weighted by molar-refractivity contribution is 5.87. The van der Waals surface area contributed by atoms with Crippen LogP contribution in [0.2, 0.25) is 0 Å². The van der Waals surface area contributed by atoms with Crippen molar-refractivity contribution in [2.75, 3.05) is 19.7 Å². The molecule has 1 aliphatic heterocycles. The number of fused-ring (bicyclic) bond motifs is 1. The van der Waals surface area contributed by atoms with Crippen LogP contribution in [0.25, 0.3) is 10.9 Å². The van der Waals surface area contributed by atoms with Crippen molar-refractivity contribution in [1.82, 2.24) is 15.1 Å². The Kier molecular flexibility index (Phi) is 4.97. The summed E-state index contributed by atoms with van der Waals surface area (Å²) in [6.07, 6.45) is 1.38. The number of carbonyl (C=O) groups excluding carboxylic acids is 1. The van der Waals surface area contributed by atoms with E-state index in [1.54, 1.807) is 0 Å². The predicted octanol–water partition coefficient (Wildman–Crippen LogP) is 3.17. The molecule has 134 valence electrons. The lowest BCUT2D eigenvalue weighted by Crippen LogP contribution is -2.30. The number of ether oxygens (including phenoxy) is 1. The fourth-order valence-corrected chi connectivity index (χ4v) is 3.52. The molecule has 0 spiro atoms. The summed E-state index contributed by atoms with van der Waals surface area (Å²) in [5.41, 5.74) is 2.99. The molecule has 1 aromatic heterocycles. The van der Waals surface area contributed by atoms with E-state index in [0.717, 1.165) is 36.1 Å². The zero-order chi connectivity index (χ0) is 17.8. The third-order valence-electron chi connectivity index (χ3n) is 4.97. The molecule has 5 heteroatoms. The number of likely N-dealkylation sites (tertiary alicyclic amines) is 1. The van der Waals surface area contributed by atoms with Crippen LogP contribution in [-0.4, -0.2) is 40.7 Å². The first-order chi connectivity index (χ1) is 12.8. The molecule has 1 atom stereocenters. The Morgan fingerprint density at radius 1 is 1.15 bits per heavy atom. The Hall–Kier alpha value is -2.66. The van der Waals surface area contributed by atoms with Crippen LogP contribution in [0.4, 0.5) is 0 Å². The number of carbonyl (C=O) groups is 1. The van der Waals surface area contributed by atoms with Crippen molar-refractivity contribution in [1.29, 1.82) is 0 Å². The first-order valence-electron chi connectivity index (χ1n) is 9.11. The first kappa shape index (κ1) is 16.8. The molecule has 1 saturated heterocycles. The SMILES string of the molecule is O=C(Cc1[nH]nc2ccccc12)N1CC[C@@H](COCc2ccccc2)C1. The Balaban J connectivity index is 1.27. The van der Waals surface area contributed by atoms with Gasteiger partial charge in [0, 0.05) is 24.4 Å². The van der Waals surface area contributed by atoms with Crippen molar-refractivity contribution < 1.29 is 9.53 Å². The number of aromatic amines is 1. The van der Waals surface area contributed by atoms with Crippen molar-refractivity contribution >= 4 is 16.8 Å². The zero-order valence-electron chi connectivity index (χ0n) is 14.7. The molecule has 2 aromatic carbocycles. The van der Waals surface area contributed by atoms with Gasteiger partial charge in [0.1, 0.15) is 0 Å². The minimum absolute atomic E-state index is 0.157. The van der Waals surface area contributed by atoms with Crippen LogP contribution in [0.3, 0.4) is 0 Å². The van der Waals surface area contributed by atoms with Gasteiger partial charge in [-0.1, -0.05) is 48.5 Å². The van der Waals surface area contributed by atoms with Crippen LogP contribution in [0, 0.1) is 5.92 Å². The van der Waals surface area contributed by atoms with Gasteiger partial charge in [-0.25, -0.2) is 0 Å². The minimum atomic E-state index is 0.157. The molecule has 0 radical (unpaired) electrons. The summed E-state index contributed by atoms with van der Waals surface area (Å²) in [4.78, 5) is 14.6. The summed E-state index contributed by atoms with van der Waals surface area (Å²) in [6, 6.07) is 18.1. The minimum Gasteiger partial charge on any atom is -0.376 e. The normalized spacial score (nSPS) is 17.1. The van der Waals surface area contributed by atoms with Gasteiger partial charge in [-0.2, -0.15) is 5.10 Å². The molecule has 1 fully saturated rings. The second kappa shape index (κ2) is 7.70. The largest absolute Gasteiger partial charge is 0.376 e. The van der Waals surface area contributed by atoms with E-state index in [1.807, 2.05) is 47.4 Å². The summed E-state index contributed by atoms with van der Waals surface area (Å²) in [5, 5.41) is 8.31. The van der Waals surface area contributed by atoms with E-state index in [1.165, 1.54) is 5.56 Å². The number of benzene rings is 2. The van der Waals surface area contributed by atoms with Gasteiger partial charge in [-0.05, 0) is 18.1 Å². The lowest BCUT2D eigenvalue weighted by molar-refractivity contribution is -0.129. The van der Waals surface area contributed by atoms with Gasteiger partial charge in [0.15, 0.2) is 0 Å². The highest BCUT2D eigenvalue weighted by Crippen LogP contribution is 2.20. The van der Waals surface area contributed by atoms with Crippen LogP contribution in [0.5, 0.6) is 0 Å². The maximum Gasteiger partial charge on any atom is 0.228 e. The molecule has 4 rings (SSSR count). The summed E-state index contributed by atoms with van der Waals surface area (Å²) in [7, 11) is 0. The number of aromatic nitrogens is 2. The lowest BCUT2D eigenvalue weighted by Gasteiger charge is -2.16. The average molecular weight is 349 g/mol. The second-order valence-electron chi connectivity index (χ2n) is 6.89. The van der Waals surface area contributed by atoms with E-state index in [0.29, 0.717) is 25.6 Å². The van der Waals surface area contributed by atoms with Crippen molar-refractivity contribution in [2.45, 2.75) is 19.4 Å². The van der Waals surface area contributed by atoms with E-state index in [2.05, 4.69) is 22.3 Å². The number of nitrogens with one attached hydrogen (secondary N) is 1. The molecule has 1 aliphatic rings. The number of H-pyrrole nitrogens is 1. The van der Waals surface area contributed by atoms with Gasteiger partial charge >= 0.3 is 0 Å². The van der Waals surface area contributed by atoms with Gasteiger partial charge in [-0.3, -0.25) is 9.89 Å². The van der Waals surface area contributed by atoms with E-state index in [-0.39, 0.29) is 5.91 Å². The summed E-state index contributed by atoms with van der Waals surface area (Å²) < 4.78 is 5.84. The van der Waals surface area contributed by atoms with E-state index >= 15 is 0 Å². The smallest absolute Gasteiger partial charge is 0.228 e. The number of rotatable bonds is 6. The Bertz CT molecular complexity index is 875. The molecular weight excluding hydrogens is 326 g/mol. The quantitative estimate of drug-likeness (QED) is 0.744. The Morgan fingerprint density at radius 3 is 2.85 bits per heavy atom. The Labute approximate surface area is 153 Å². The molecule has 3 aromatic rings. The topological polar surface area (TPSA) is 58.2 Å². The van der Waals surface area contributed by atoms with Crippen LogP contribution < -0.4 is 0 Å². The molecule has 2 heterocycles. The lowest BCUT2D eigenvalue weighted by atomic mass is 10.1. The highest BCUT2D eigenvalue weighted by Gasteiger charge is 2.26. The van der Waals surface area contributed by atoms with E-state index < -0.39 is 0 Å². The van der Waals surface area contributed by atoms with Gasteiger partial charge in [0.2, 0.25) is 5.91 Å². The van der Waals surface area contributed by atoms with Gasteiger partial charge in [-0.15, -0.1) is 0 Å². The third-order valence-corrected chi connectivity index (χ3v) is 4.97. The maximum atomic E-state index is 12.6. The fourth-order valence-electron chi connectivity index (χ4n) is 3.52. The number of hydrogen-bond donors (Lipinski definition) is 1. The molecule has 0 bridgehead atoms. The highest BCUT2D eigenvalue weighted by atomic mass is 16.5. The molecule has 5 nitrogen and oxygen atoms in total. The number of para-hydroxylation sites is 1. The third kappa shape index (κ3) is 3.78. The fraction of sp³-hybridized carbons (Fsp3) is 0.333. The summed E-state index contributed by atoms with van der Waals surface area (Å²) >= 11 is 0. The number of hydrogen-bond acceptors (Lipinski definition) is 3. The molecule has 0 aliphatic carbocycles. The Morgan fingerprint density at radius 2 is 1.96 bits per heavy atom. The van der Waals surface area contributed by atoms with Crippen molar-refractivity contribution in [3.05, 3.63) is 65.9 Å². The van der Waals surface area contributed by atoms with E-state index in [4.69, 9.17) is 4.74 Å². The standard InChI is InChI=1S/C21H23N3O2/c25-21(12-20-18-8-4-5-9-19(18)22-23-20)24-11-10-17(13-24)15-26-14-16-6-2-1-3-7-16/h1-9,17H,10-15H2,(H,22,23)/t17-/m1/s1. The predicted molar refractivity (Wildman–Crippen MR) is 101 cm³/mol. The zero-order valence-corrected chi connectivity index (χ0v) is 14.7. The van der Waals surface area contributed by atoms with Crippen LogP contribution >= 0.6 is 0 Å². The molecule has 26 heavy (non-hydrogen) atoms. The molecule has 1 N–H and O–H groups in total. The number of amides is 1. The number of nitrogens with zero attached hydrogens (tertiary/aromatic N) is 2. The van der Waals surface area contributed by atoms with E-state index in [9.17, 15) is 4.79 Å². The van der Waals surface area contributed by atoms with Crippen molar-refractivity contribution in [2.24, 2.45) is 5.92 Å². The summed E-state index contributed by atoms with van der Waals surface area (Å²) in [6.45, 7) is 2.92. The average Bonchev–Trinajstić information content (AvgIpc) is 3.30.